The summed E-state index contributed by atoms with van der Waals surface area (Å²) in [4.78, 5) is 0. The summed E-state index contributed by atoms with van der Waals surface area (Å²) in [5.41, 5.74) is 1.02. The van der Waals surface area contributed by atoms with E-state index in [1.165, 1.54) is 6.07 Å². The maximum atomic E-state index is 12.7. The molecule has 0 bridgehead atoms. The average molecular weight is 268 g/mol. The van der Waals surface area contributed by atoms with Crippen LogP contribution in [0.3, 0.4) is 0 Å². The van der Waals surface area contributed by atoms with E-state index < -0.39 is 0 Å². The minimum absolute atomic E-state index is 0.238. The van der Waals surface area contributed by atoms with E-state index in [9.17, 15) is 4.39 Å². The molecule has 0 saturated heterocycles. The van der Waals surface area contributed by atoms with Crippen molar-refractivity contribution >= 4 is 31.9 Å². The molecule has 0 radical (unpaired) electrons. The van der Waals surface area contributed by atoms with E-state index >= 15 is 0 Å². The van der Waals surface area contributed by atoms with Gasteiger partial charge in [-0.3, -0.25) is 0 Å². The molecule has 3 heteroatoms. The van der Waals surface area contributed by atoms with Gasteiger partial charge in [0, 0.05) is 4.47 Å². The van der Waals surface area contributed by atoms with Gasteiger partial charge in [0.25, 0.3) is 0 Å². The van der Waals surface area contributed by atoms with Gasteiger partial charge in [0.1, 0.15) is 5.82 Å². The van der Waals surface area contributed by atoms with Gasteiger partial charge in [-0.05, 0) is 50.4 Å². The first-order valence-corrected chi connectivity index (χ1v) is 4.31. The lowest BCUT2D eigenvalue weighted by Crippen LogP contribution is -1.81. The number of halogens is 3. The van der Waals surface area contributed by atoms with Crippen LogP contribution in [0.2, 0.25) is 0 Å². The maximum Gasteiger partial charge on any atom is 0.138 e. The second kappa shape index (κ2) is 3.01. The highest BCUT2D eigenvalue weighted by molar-refractivity contribution is 9.13. The van der Waals surface area contributed by atoms with E-state index in [-0.39, 0.29) is 5.82 Å². The van der Waals surface area contributed by atoms with E-state index in [0.29, 0.717) is 4.47 Å². The number of rotatable bonds is 0. The van der Waals surface area contributed by atoms with Crippen molar-refractivity contribution in [2.24, 2.45) is 0 Å². The number of hydrogen-bond donors (Lipinski definition) is 0. The molecule has 0 N–H and O–H groups in total. The quantitative estimate of drug-likeness (QED) is 0.630. The standard InChI is InChI=1S/C7H5Br2F/c1-4-2-3-5(10)7(9)6(4)8/h2-3H,1H3. The zero-order chi connectivity index (χ0) is 7.72. The molecule has 0 amide bonds. The molecule has 0 heterocycles. The highest BCUT2D eigenvalue weighted by atomic mass is 79.9. The first-order valence-electron chi connectivity index (χ1n) is 2.73. The predicted octanol–water partition coefficient (Wildman–Crippen LogP) is 3.66. The van der Waals surface area contributed by atoms with Crippen LogP contribution in [-0.2, 0) is 0 Å². The lowest BCUT2D eigenvalue weighted by molar-refractivity contribution is 0.619. The van der Waals surface area contributed by atoms with E-state index in [0.717, 1.165) is 10.0 Å². The van der Waals surface area contributed by atoms with Crippen LogP contribution in [0.1, 0.15) is 5.56 Å². The Balaban J connectivity index is 3.34. The topological polar surface area (TPSA) is 0 Å². The van der Waals surface area contributed by atoms with Gasteiger partial charge >= 0.3 is 0 Å². The molecule has 0 nitrogen and oxygen atoms in total. The summed E-state index contributed by atoms with van der Waals surface area (Å²) in [6, 6.07) is 3.16. The lowest BCUT2D eigenvalue weighted by Gasteiger charge is -2.00. The first kappa shape index (κ1) is 8.21. The highest BCUT2D eigenvalue weighted by Gasteiger charge is 2.04. The minimum Gasteiger partial charge on any atom is -0.206 e. The molecule has 0 atom stereocenters. The molecule has 0 aliphatic rings. The fourth-order valence-electron chi connectivity index (χ4n) is 0.622. The maximum absolute atomic E-state index is 12.7. The van der Waals surface area contributed by atoms with Crippen LogP contribution in [-0.4, -0.2) is 0 Å². The van der Waals surface area contributed by atoms with Crippen molar-refractivity contribution in [1.29, 1.82) is 0 Å². The summed E-state index contributed by atoms with van der Waals surface area (Å²) in [6.45, 7) is 1.91. The van der Waals surface area contributed by atoms with Crippen molar-refractivity contribution < 1.29 is 4.39 Å². The third-order valence-corrected chi connectivity index (χ3v) is 3.56. The Labute approximate surface area is 75.7 Å². The summed E-state index contributed by atoms with van der Waals surface area (Å²) in [7, 11) is 0. The molecule has 1 aromatic rings. The van der Waals surface area contributed by atoms with Crippen molar-refractivity contribution in [3.8, 4) is 0 Å². The molecular formula is C7H5Br2F. The second-order valence-corrected chi connectivity index (χ2v) is 3.58. The van der Waals surface area contributed by atoms with Crippen LogP contribution in [0.5, 0.6) is 0 Å². The molecule has 0 aliphatic carbocycles. The van der Waals surface area contributed by atoms with Crippen LogP contribution >= 0.6 is 31.9 Å². The normalized spacial score (nSPS) is 10.0. The molecule has 10 heavy (non-hydrogen) atoms. The van der Waals surface area contributed by atoms with Crippen molar-refractivity contribution in [3.63, 3.8) is 0 Å². The smallest absolute Gasteiger partial charge is 0.138 e. The van der Waals surface area contributed by atoms with Gasteiger partial charge in [0.05, 0.1) is 4.47 Å². The Hall–Kier alpha value is 0.110. The van der Waals surface area contributed by atoms with Gasteiger partial charge in [0.15, 0.2) is 0 Å². The molecule has 1 rings (SSSR count). The fraction of sp³-hybridized carbons (Fsp3) is 0.143. The number of hydrogen-bond acceptors (Lipinski definition) is 0. The van der Waals surface area contributed by atoms with Crippen LogP contribution in [0.25, 0.3) is 0 Å². The third kappa shape index (κ3) is 1.40. The summed E-state index contributed by atoms with van der Waals surface area (Å²) in [5, 5.41) is 0. The predicted molar refractivity (Wildman–Crippen MR) is 46.5 cm³/mol. The zero-order valence-corrected chi connectivity index (χ0v) is 8.46. The Kier molecular flexibility index (Phi) is 2.47. The Bertz CT molecular complexity index is 231. The molecule has 0 unspecified atom stereocenters. The Morgan fingerprint density at radius 1 is 1.20 bits per heavy atom. The molecule has 0 fully saturated rings. The molecule has 1 aromatic carbocycles. The van der Waals surface area contributed by atoms with Crippen molar-refractivity contribution in [3.05, 3.63) is 32.5 Å². The van der Waals surface area contributed by atoms with Crippen LogP contribution in [0.4, 0.5) is 4.39 Å². The first-order chi connectivity index (χ1) is 4.63. The number of aryl methyl sites for hydroxylation is 1. The largest absolute Gasteiger partial charge is 0.206 e. The molecule has 0 saturated carbocycles. The molecule has 0 aliphatic heterocycles. The SMILES string of the molecule is Cc1ccc(F)c(Br)c1Br. The van der Waals surface area contributed by atoms with Gasteiger partial charge in [0.2, 0.25) is 0 Å². The Morgan fingerprint density at radius 3 is 2.30 bits per heavy atom. The molecule has 0 spiro atoms. The lowest BCUT2D eigenvalue weighted by atomic mass is 10.2. The van der Waals surface area contributed by atoms with E-state index in [1.54, 1.807) is 6.07 Å². The minimum atomic E-state index is -0.238. The van der Waals surface area contributed by atoms with Crippen molar-refractivity contribution in [2.45, 2.75) is 6.92 Å². The Morgan fingerprint density at radius 2 is 1.80 bits per heavy atom. The summed E-state index contributed by atoms with van der Waals surface area (Å²) in [6.07, 6.45) is 0. The van der Waals surface area contributed by atoms with E-state index in [2.05, 4.69) is 31.9 Å². The van der Waals surface area contributed by atoms with Gasteiger partial charge < -0.3 is 0 Å². The van der Waals surface area contributed by atoms with Gasteiger partial charge in [-0.15, -0.1) is 0 Å². The number of benzene rings is 1. The summed E-state index contributed by atoms with van der Waals surface area (Å²) in [5.74, 6) is -0.238. The molecular weight excluding hydrogens is 263 g/mol. The summed E-state index contributed by atoms with van der Waals surface area (Å²) < 4.78 is 14.0. The van der Waals surface area contributed by atoms with Gasteiger partial charge in [-0.2, -0.15) is 0 Å². The second-order valence-electron chi connectivity index (χ2n) is 1.99. The van der Waals surface area contributed by atoms with Crippen molar-refractivity contribution in [2.75, 3.05) is 0 Å². The van der Waals surface area contributed by atoms with Crippen LogP contribution in [0, 0.1) is 12.7 Å². The monoisotopic (exact) mass is 266 g/mol. The average Bonchev–Trinajstić information content (AvgIpc) is 1.93. The van der Waals surface area contributed by atoms with Gasteiger partial charge in [-0.1, -0.05) is 6.07 Å². The molecule has 54 valence electrons. The zero-order valence-electron chi connectivity index (χ0n) is 5.29. The fourth-order valence-corrected chi connectivity index (χ4v) is 1.39. The third-order valence-electron chi connectivity index (χ3n) is 1.23. The van der Waals surface area contributed by atoms with E-state index in [1.807, 2.05) is 6.92 Å². The highest BCUT2D eigenvalue weighted by Crippen LogP contribution is 2.28. The van der Waals surface area contributed by atoms with Crippen LogP contribution < -0.4 is 0 Å². The molecule has 0 aromatic heterocycles. The summed E-state index contributed by atoms with van der Waals surface area (Å²) >= 11 is 6.35. The van der Waals surface area contributed by atoms with Crippen molar-refractivity contribution in [1.82, 2.24) is 0 Å². The van der Waals surface area contributed by atoms with E-state index in [4.69, 9.17) is 0 Å². The van der Waals surface area contributed by atoms with Crippen LogP contribution in [0.15, 0.2) is 21.1 Å². The van der Waals surface area contributed by atoms with Gasteiger partial charge in [-0.25, -0.2) is 4.39 Å².